The van der Waals surface area contributed by atoms with Gasteiger partial charge in [-0.05, 0) is 12.8 Å². The van der Waals surface area contributed by atoms with Crippen molar-refractivity contribution in [2.75, 3.05) is 0 Å². The summed E-state index contributed by atoms with van der Waals surface area (Å²) in [5.74, 6) is 0.402. The largest absolute Gasteiger partial charge is 0.644 e. The Bertz CT molecular complexity index is 895. The maximum Gasteiger partial charge on any atom is 0.108 e. The van der Waals surface area contributed by atoms with Gasteiger partial charge in [0.15, 0.2) is 0 Å². The van der Waals surface area contributed by atoms with Crippen LogP contribution in [-0.4, -0.2) is 11.6 Å². The predicted molar refractivity (Wildman–Crippen MR) is 149 cm³/mol. The van der Waals surface area contributed by atoms with E-state index in [1.807, 2.05) is 78.9 Å². The Morgan fingerprint density at radius 3 is 1.64 bits per heavy atom. The Morgan fingerprint density at radius 1 is 0.667 bits per heavy atom. The monoisotopic (exact) mass is 528 g/mol. The first-order valence-corrected chi connectivity index (χ1v) is 13.8. The summed E-state index contributed by atoms with van der Waals surface area (Å²) in [5, 5.41) is 0. The molecule has 0 aliphatic heterocycles. The van der Waals surface area contributed by atoms with Crippen LogP contribution in [-0.2, 0) is 17.1 Å². The van der Waals surface area contributed by atoms with E-state index in [0.29, 0.717) is 5.78 Å². The predicted octanol–water partition coefficient (Wildman–Crippen LogP) is 9.70. The molecule has 0 saturated heterocycles. The van der Waals surface area contributed by atoms with Crippen LogP contribution in [0.15, 0.2) is 78.9 Å². The van der Waals surface area contributed by atoms with Gasteiger partial charge in [0.25, 0.3) is 0 Å². The molecule has 0 N–H and O–H groups in total. The quantitative estimate of drug-likeness (QED) is 0.0756. The molecule has 0 aliphatic rings. The van der Waals surface area contributed by atoms with E-state index in [9.17, 15) is 9.59 Å². The SMILES string of the molecule is CCCCCCCCCCCCCCCC(=O)[c-]1cccc1.O=C(c1ccccc1)[c-]1[cH-][cH-][cH-][cH-]1.[Fe]. The van der Waals surface area contributed by atoms with Gasteiger partial charge in [-0.25, -0.2) is 12.1 Å². The van der Waals surface area contributed by atoms with Crippen LogP contribution in [0.3, 0.4) is 0 Å². The number of carbonyl (C=O) groups is 2. The molecule has 0 fully saturated rings. The molecule has 3 rings (SSSR count). The molecular formula is C33H44FeO2-6. The molecule has 3 heteroatoms. The summed E-state index contributed by atoms with van der Waals surface area (Å²) in [5.41, 5.74) is 2.39. The Balaban J connectivity index is 0.000000392. The molecule has 0 radical (unpaired) electrons. The number of unbranched alkanes of at least 4 members (excludes halogenated alkanes) is 12. The topological polar surface area (TPSA) is 34.1 Å². The summed E-state index contributed by atoms with van der Waals surface area (Å²) in [7, 11) is 0. The zero-order chi connectivity index (χ0) is 25.0. The Kier molecular flexibility index (Phi) is 18.5. The minimum Gasteiger partial charge on any atom is -0.644 e. The van der Waals surface area contributed by atoms with Crippen molar-refractivity contribution in [1.82, 2.24) is 0 Å². The number of carbonyl (C=O) groups excluding carboxylic acids is 2. The fourth-order valence-electron chi connectivity index (χ4n) is 4.29. The van der Waals surface area contributed by atoms with Gasteiger partial charge in [-0.2, -0.15) is 24.3 Å². The van der Waals surface area contributed by atoms with Gasteiger partial charge in [-0.15, -0.1) is 0 Å². The number of rotatable bonds is 17. The Hall–Kier alpha value is -2.22. The Labute approximate surface area is 230 Å². The van der Waals surface area contributed by atoms with Crippen molar-refractivity contribution in [3.05, 3.63) is 95.6 Å². The van der Waals surface area contributed by atoms with E-state index >= 15 is 0 Å². The molecule has 0 atom stereocenters. The minimum absolute atomic E-state index is 0. The van der Waals surface area contributed by atoms with Gasteiger partial charge in [0, 0.05) is 17.1 Å². The second-order valence-electron chi connectivity index (χ2n) is 9.46. The summed E-state index contributed by atoms with van der Waals surface area (Å²) in [6.45, 7) is 2.28. The number of hydrogen-bond donors (Lipinski definition) is 0. The molecule has 0 aliphatic carbocycles. The molecular weight excluding hydrogens is 484 g/mol. The molecule has 3 aromatic rings. The molecule has 0 heterocycles. The van der Waals surface area contributed by atoms with Gasteiger partial charge >= 0.3 is 0 Å². The first kappa shape index (κ1) is 31.8. The maximum absolute atomic E-state index is 11.8. The van der Waals surface area contributed by atoms with Crippen LogP contribution in [0.5, 0.6) is 0 Å². The van der Waals surface area contributed by atoms with Crippen LogP contribution in [0.1, 0.15) is 123 Å². The third-order valence-corrected chi connectivity index (χ3v) is 6.45. The van der Waals surface area contributed by atoms with Gasteiger partial charge < -0.3 is 50.8 Å². The molecule has 0 saturated carbocycles. The van der Waals surface area contributed by atoms with Crippen molar-refractivity contribution in [3.63, 3.8) is 0 Å². The average molecular weight is 529 g/mol. The van der Waals surface area contributed by atoms with Gasteiger partial charge in [0.1, 0.15) is 5.78 Å². The molecule has 36 heavy (non-hydrogen) atoms. The van der Waals surface area contributed by atoms with Crippen LogP contribution < -0.4 is 0 Å². The van der Waals surface area contributed by atoms with Crippen LogP contribution in [0.25, 0.3) is 0 Å². The van der Waals surface area contributed by atoms with E-state index in [1.165, 1.54) is 77.0 Å². The van der Waals surface area contributed by atoms with Crippen molar-refractivity contribution in [3.8, 4) is 0 Å². The number of ketones is 2. The number of Topliss-reactive ketones (excluding diaryl/α,β-unsaturated/α-hetero) is 1. The average Bonchev–Trinajstić information content (AvgIpc) is 3.62. The molecule has 0 aromatic heterocycles. The number of benzene rings is 1. The van der Waals surface area contributed by atoms with Gasteiger partial charge in [-0.3, -0.25) is 0 Å². The summed E-state index contributed by atoms with van der Waals surface area (Å²) in [6.07, 6.45) is 18.3. The fourth-order valence-corrected chi connectivity index (χ4v) is 4.29. The van der Waals surface area contributed by atoms with Gasteiger partial charge in [-0.1, -0.05) is 108 Å². The zero-order valence-corrected chi connectivity index (χ0v) is 23.2. The molecule has 0 unspecified atom stereocenters. The summed E-state index contributed by atoms with van der Waals surface area (Å²) < 4.78 is 0. The van der Waals surface area contributed by atoms with E-state index in [4.69, 9.17) is 0 Å². The second-order valence-corrected chi connectivity index (χ2v) is 9.46. The first-order valence-electron chi connectivity index (χ1n) is 13.8. The first-order chi connectivity index (χ1) is 17.2. The summed E-state index contributed by atoms with van der Waals surface area (Å²) in [6, 6.07) is 24.4. The summed E-state index contributed by atoms with van der Waals surface area (Å²) >= 11 is 0. The van der Waals surface area contributed by atoms with Crippen LogP contribution in [0, 0.1) is 0 Å². The number of hydrogen-bond acceptors (Lipinski definition) is 2. The summed E-state index contributed by atoms with van der Waals surface area (Å²) in [4.78, 5) is 23.5. The van der Waals surface area contributed by atoms with Crippen molar-refractivity contribution in [2.45, 2.75) is 96.8 Å². The Morgan fingerprint density at radius 2 is 1.14 bits per heavy atom. The van der Waals surface area contributed by atoms with E-state index in [1.54, 1.807) is 0 Å². The van der Waals surface area contributed by atoms with Gasteiger partial charge in [0.2, 0.25) is 0 Å². The normalized spacial score (nSPS) is 10.2. The third-order valence-electron chi connectivity index (χ3n) is 6.45. The van der Waals surface area contributed by atoms with E-state index in [-0.39, 0.29) is 22.9 Å². The smallest absolute Gasteiger partial charge is 0.108 e. The molecule has 0 amide bonds. The standard InChI is InChI=1S/C21H35O.C12H9O.Fe/c1-2-3-4-5-6-7-8-9-10-11-12-13-14-19-21(22)20-17-15-16-18-20;13-12(11-8-4-5-9-11)10-6-2-1-3-7-10;/h15-18H,2-14,19H2,1H3;1-9H;/q-1;-5;. The fraction of sp³-hybridized carbons (Fsp3) is 0.455. The maximum atomic E-state index is 11.8. The van der Waals surface area contributed by atoms with Crippen molar-refractivity contribution >= 4 is 11.6 Å². The van der Waals surface area contributed by atoms with Crippen LogP contribution in [0.2, 0.25) is 0 Å². The molecule has 3 aromatic carbocycles. The van der Waals surface area contributed by atoms with Crippen LogP contribution in [0.4, 0.5) is 0 Å². The molecule has 202 valence electrons. The zero-order valence-electron chi connectivity index (χ0n) is 22.1. The van der Waals surface area contributed by atoms with Gasteiger partial charge in [0.05, 0.1) is 0 Å². The van der Waals surface area contributed by atoms with Crippen molar-refractivity contribution < 1.29 is 26.7 Å². The second kappa shape index (κ2) is 20.9. The molecule has 0 bridgehead atoms. The molecule has 2 nitrogen and oxygen atoms in total. The van der Waals surface area contributed by atoms with E-state index < -0.39 is 0 Å². The minimum atomic E-state index is 0. The van der Waals surface area contributed by atoms with Crippen molar-refractivity contribution in [1.29, 1.82) is 0 Å². The third kappa shape index (κ3) is 13.8. The van der Waals surface area contributed by atoms with E-state index in [0.717, 1.165) is 29.5 Å². The molecule has 0 spiro atoms. The van der Waals surface area contributed by atoms with E-state index in [2.05, 4.69) is 6.92 Å². The van der Waals surface area contributed by atoms with Crippen molar-refractivity contribution in [2.24, 2.45) is 0 Å². The van der Waals surface area contributed by atoms with Crippen LogP contribution >= 0.6 is 0 Å².